The second-order valence-corrected chi connectivity index (χ2v) is 2.76. The topological polar surface area (TPSA) is 89.5 Å². The molecule has 0 spiro atoms. The lowest BCUT2D eigenvalue weighted by atomic mass is 10.2. The number of nitrogens with zero attached hydrogens (tertiary/aromatic N) is 3. The molecule has 7 nitrogen and oxygen atoms in total. The van der Waals surface area contributed by atoms with Gasteiger partial charge in [0, 0.05) is 6.54 Å². The molecule has 0 aromatic carbocycles. The second-order valence-electron chi connectivity index (χ2n) is 2.76. The summed E-state index contributed by atoms with van der Waals surface area (Å²) in [6, 6.07) is 0. The van der Waals surface area contributed by atoms with E-state index in [4.69, 9.17) is 0 Å². The molecule has 0 saturated carbocycles. The monoisotopic (exact) mass is 199 g/mol. The molecular weight excluding hydrogens is 190 g/mol. The number of hydrogen-bond donors (Lipinski definition) is 0. The zero-order valence-corrected chi connectivity index (χ0v) is 7.54. The van der Waals surface area contributed by atoms with Crippen molar-refractivity contribution in [2.75, 3.05) is 6.54 Å². The quantitative estimate of drug-likeness (QED) is 0.498. The van der Waals surface area contributed by atoms with Gasteiger partial charge in [-0.15, -0.1) is 0 Å². The van der Waals surface area contributed by atoms with Crippen LogP contribution in [0, 0.1) is 20.2 Å². The molecule has 0 aliphatic carbocycles. The van der Waals surface area contributed by atoms with Gasteiger partial charge in [0.1, 0.15) is 6.42 Å². The molecule has 0 unspecified atom stereocenters. The third-order valence-electron chi connectivity index (χ3n) is 1.83. The van der Waals surface area contributed by atoms with Gasteiger partial charge in [-0.2, -0.15) is 0 Å². The van der Waals surface area contributed by atoms with Crippen LogP contribution in [0.2, 0.25) is 0 Å². The SMILES string of the molecule is CCN1C=C([N+](=O)[O-])CC([N+](=O)[O-])=C1. The highest BCUT2D eigenvalue weighted by Crippen LogP contribution is 2.19. The summed E-state index contributed by atoms with van der Waals surface area (Å²) in [6.45, 7) is 2.22. The van der Waals surface area contributed by atoms with Gasteiger partial charge in [-0.3, -0.25) is 20.2 Å². The van der Waals surface area contributed by atoms with Gasteiger partial charge in [-0.25, -0.2) is 0 Å². The predicted molar refractivity (Wildman–Crippen MR) is 47.2 cm³/mol. The highest BCUT2D eigenvalue weighted by Gasteiger charge is 2.26. The van der Waals surface area contributed by atoms with Gasteiger partial charge < -0.3 is 4.90 Å². The van der Waals surface area contributed by atoms with Crippen LogP contribution in [0.1, 0.15) is 13.3 Å². The molecule has 1 aliphatic rings. The van der Waals surface area contributed by atoms with Crippen molar-refractivity contribution < 1.29 is 9.85 Å². The summed E-state index contributed by atoms with van der Waals surface area (Å²) in [6.07, 6.45) is 2.40. The van der Waals surface area contributed by atoms with Gasteiger partial charge in [0.05, 0.1) is 22.2 Å². The largest absolute Gasteiger partial charge is 0.343 e. The molecule has 14 heavy (non-hydrogen) atoms. The van der Waals surface area contributed by atoms with Crippen LogP contribution in [0.15, 0.2) is 23.8 Å². The Bertz CT molecular complexity index is 304. The zero-order valence-electron chi connectivity index (χ0n) is 7.54. The number of rotatable bonds is 3. The van der Waals surface area contributed by atoms with Gasteiger partial charge in [0.25, 0.3) is 11.4 Å². The van der Waals surface area contributed by atoms with Crippen LogP contribution in [0.4, 0.5) is 0 Å². The summed E-state index contributed by atoms with van der Waals surface area (Å²) in [5.41, 5.74) is -0.304. The van der Waals surface area contributed by atoms with E-state index in [2.05, 4.69) is 0 Å². The summed E-state index contributed by atoms with van der Waals surface area (Å²) in [5, 5.41) is 20.9. The lowest BCUT2D eigenvalue weighted by Gasteiger charge is -2.15. The van der Waals surface area contributed by atoms with Crippen LogP contribution in [0.3, 0.4) is 0 Å². The van der Waals surface area contributed by atoms with E-state index < -0.39 is 9.85 Å². The third-order valence-corrected chi connectivity index (χ3v) is 1.83. The molecule has 0 saturated heterocycles. The summed E-state index contributed by atoms with van der Waals surface area (Å²) in [7, 11) is 0. The normalized spacial score (nSPS) is 15.9. The van der Waals surface area contributed by atoms with E-state index in [9.17, 15) is 20.2 Å². The number of nitro groups is 2. The first-order valence-corrected chi connectivity index (χ1v) is 4.00. The molecule has 7 heteroatoms. The zero-order chi connectivity index (χ0) is 10.7. The first kappa shape index (κ1) is 10.2. The van der Waals surface area contributed by atoms with Crippen molar-refractivity contribution in [1.29, 1.82) is 0 Å². The minimum atomic E-state index is -0.598. The highest BCUT2D eigenvalue weighted by molar-refractivity contribution is 5.11. The molecule has 0 N–H and O–H groups in total. The lowest BCUT2D eigenvalue weighted by molar-refractivity contribution is -0.452. The van der Waals surface area contributed by atoms with E-state index in [1.54, 1.807) is 6.92 Å². The highest BCUT2D eigenvalue weighted by atomic mass is 16.6. The standard InChI is InChI=1S/C7H9N3O4/c1-2-8-4-6(9(11)12)3-7(5-8)10(13)14/h4-5H,2-3H2,1H3. The molecule has 0 radical (unpaired) electrons. The summed E-state index contributed by atoms with van der Waals surface area (Å²) < 4.78 is 0. The maximum atomic E-state index is 10.4. The summed E-state index contributed by atoms with van der Waals surface area (Å²) >= 11 is 0. The van der Waals surface area contributed by atoms with Crippen molar-refractivity contribution in [2.45, 2.75) is 13.3 Å². The van der Waals surface area contributed by atoms with Crippen LogP contribution in [0.25, 0.3) is 0 Å². The lowest BCUT2D eigenvalue weighted by Crippen LogP contribution is -2.20. The van der Waals surface area contributed by atoms with Gasteiger partial charge in [-0.05, 0) is 6.92 Å². The van der Waals surface area contributed by atoms with E-state index in [1.165, 1.54) is 17.3 Å². The smallest absolute Gasteiger partial charge is 0.273 e. The van der Waals surface area contributed by atoms with Crippen molar-refractivity contribution in [3.8, 4) is 0 Å². The Hall–Kier alpha value is -1.92. The van der Waals surface area contributed by atoms with E-state index in [-0.39, 0.29) is 17.8 Å². The summed E-state index contributed by atoms with van der Waals surface area (Å²) in [4.78, 5) is 21.1. The van der Waals surface area contributed by atoms with Gasteiger partial charge in [0.2, 0.25) is 0 Å². The van der Waals surface area contributed by atoms with Crippen LogP contribution >= 0.6 is 0 Å². The maximum Gasteiger partial charge on any atom is 0.273 e. The maximum absolute atomic E-state index is 10.4. The average molecular weight is 199 g/mol. The number of hydrogen-bond acceptors (Lipinski definition) is 5. The van der Waals surface area contributed by atoms with Crippen LogP contribution in [0.5, 0.6) is 0 Å². The molecule has 76 valence electrons. The third kappa shape index (κ3) is 2.06. The Balaban J connectivity index is 2.92. The van der Waals surface area contributed by atoms with Crippen molar-refractivity contribution >= 4 is 0 Å². The van der Waals surface area contributed by atoms with E-state index in [0.717, 1.165) is 0 Å². The van der Waals surface area contributed by atoms with Gasteiger partial charge in [-0.1, -0.05) is 0 Å². The van der Waals surface area contributed by atoms with Crippen molar-refractivity contribution in [1.82, 2.24) is 4.90 Å². The fourth-order valence-electron chi connectivity index (χ4n) is 1.10. The summed E-state index contributed by atoms with van der Waals surface area (Å²) in [5.74, 6) is 0. The molecule has 0 atom stereocenters. The Morgan fingerprint density at radius 3 is 2.00 bits per heavy atom. The molecule has 1 aliphatic heterocycles. The van der Waals surface area contributed by atoms with Crippen molar-refractivity contribution in [3.63, 3.8) is 0 Å². The minimum absolute atomic E-state index is 0.152. The fourth-order valence-corrected chi connectivity index (χ4v) is 1.10. The predicted octanol–water partition coefficient (Wildman–Crippen LogP) is 0.948. The average Bonchev–Trinajstić information content (AvgIpc) is 2.16. The molecule has 0 amide bonds. The fraction of sp³-hybridized carbons (Fsp3) is 0.429. The van der Waals surface area contributed by atoms with E-state index >= 15 is 0 Å². The Kier molecular flexibility index (Phi) is 2.80. The first-order valence-electron chi connectivity index (χ1n) is 4.00. The van der Waals surface area contributed by atoms with Crippen molar-refractivity contribution in [3.05, 3.63) is 44.0 Å². The Morgan fingerprint density at radius 2 is 1.71 bits per heavy atom. The molecule has 0 aromatic heterocycles. The first-order chi connectivity index (χ1) is 6.54. The van der Waals surface area contributed by atoms with Crippen LogP contribution in [-0.4, -0.2) is 21.3 Å². The molecule has 1 heterocycles. The van der Waals surface area contributed by atoms with Gasteiger partial charge in [0.15, 0.2) is 0 Å². The van der Waals surface area contributed by atoms with Crippen molar-refractivity contribution in [2.24, 2.45) is 0 Å². The van der Waals surface area contributed by atoms with Crippen LogP contribution in [-0.2, 0) is 0 Å². The molecule has 1 rings (SSSR count). The van der Waals surface area contributed by atoms with E-state index in [0.29, 0.717) is 6.54 Å². The Morgan fingerprint density at radius 1 is 1.29 bits per heavy atom. The Labute approximate surface area is 79.6 Å². The van der Waals surface area contributed by atoms with E-state index in [1.807, 2.05) is 0 Å². The molecule has 0 fully saturated rings. The molecule has 0 aromatic rings. The molecule has 0 bridgehead atoms. The second kappa shape index (κ2) is 3.86. The minimum Gasteiger partial charge on any atom is -0.343 e. The van der Waals surface area contributed by atoms with Gasteiger partial charge >= 0.3 is 0 Å². The molecular formula is C7H9N3O4. The van der Waals surface area contributed by atoms with Crippen LogP contribution < -0.4 is 0 Å².